The van der Waals surface area contributed by atoms with E-state index in [1.165, 1.54) is 12.3 Å². The second kappa shape index (κ2) is 5.79. The Kier molecular flexibility index (Phi) is 4.11. The van der Waals surface area contributed by atoms with Gasteiger partial charge in [0.15, 0.2) is 0 Å². The molecule has 1 atom stereocenters. The lowest BCUT2D eigenvalue weighted by atomic mass is 10.2. The molecule has 0 radical (unpaired) electrons. The van der Waals surface area contributed by atoms with E-state index in [0.29, 0.717) is 5.56 Å². The molecule has 19 heavy (non-hydrogen) atoms. The highest BCUT2D eigenvalue weighted by Gasteiger charge is 2.28. The maximum absolute atomic E-state index is 12.4. The Morgan fingerprint density at radius 2 is 2.32 bits per heavy atom. The van der Waals surface area contributed by atoms with E-state index in [2.05, 4.69) is 10.3 Å². The number of nitrogens with one attached hydrogen (secondary N) is 1. The first-order valence-electron chi connectivity index (χ1n) is 6.35. The lowest BCUT2D eigenvalue weighted by Crippen LogP contribution is -2.40. The smallest absolute Gasteiger partial charge is 0.267 e. The Bertz CT molecular complexity index is 472. The number of carbonyl (C=O) groups is 2. The normalized spacial score (nSPS) is 18.6. The van der Waals surface area contributed by atoms with Crippen LogP contribution in [0.3, 0.4) is 0 Å². The molecule has 1 fully saturated rings. The molecule has 6 nitrogen and oxygen atoms in total. The fourth-order valence-corrected chi connectivity index (χ4v) is 2.38. The molecule has 6 heteroatoms. The van der Waals surface area contributed by atoms with E-state index in [9.17, 15) is 9.59 Å². The van der Waals surface area contributed by atoms with Crippen molar-refractivity contribution in [1.82, 2.24) is 15.2 Å². The molecular weight excluding hydrogens is 244 g/mol. The van der Waals surface area contributed by atoms with Crippen LogP contribution in [0.15, 0.2) is 18.3 Å². The van der Waals surface area contributed by atoms with Crippen molar-refractivity contribution in [3.8, 4) is 0 Å². The van der Waals surface area contributed by atoms with Crippen LogP contribution < -0.4 is 11.1 Å². The first-order valence-corrected chi connectivity index (χ1v) is 6.35. The van der Waals surface area contributed by atoms with E-state index in [1.807, 2.05) is 11.9 Å². The van der Waals surface area contributed by atoms with Crippen LogP contribution in [0.2, 0.25) is 0 Å². The molecule has 1 aromatic rings. The Balaban J connectivity index is 2.12. The zero-order valence-electron chi connectivity index (χ0n) is 10.9. The number of hydrogen-bond donors (Lipinski definition) is 2. The number of aromatic nitrogens is 1. The van der Waals surface area contributed by atoms with E-state index >= 15 is 0 Å². The summed E-state index contributed by atoms with van der Waals surface area (Å²) >= 11 is 0. The summed E-state index contributed by atoms with van der Waals surface area (Å²) in [6.45, 7) is 1.56. The highest BCUT2D eigenvalue weighted by molar-refractivity contribution is 5.96. The third-order valence-corrected chi connectivity index (χ3v) is 3.34. The van der Waals surface area contributed by atoms with E-state index in [4.69, 9.17) is 5.73 Å². The maximum atomic E-state index is 12.4. The predicted molar refractivity (Wildman–Crippen MR) is 70.7 cm³/mol. The number of likely N-dealkylation sites (N-methyl/N-ethyl adjacent to an activating group) is 1. The van der Waals surface area contributed by atoms with Gasteiger partial charge < -0.3 is 16.0 Å². The summed E-state index contributed by atoms with van der Waals surface area (Å²) in [5.41, 5.74) is 5.78. The van der Waals surface area contributed by atoms with Crippen LogP contribution in [0.1, 0.15) is 33.7 Å². The van der Waals surface area contributed by atoms with Crippen molar-refractivity contribution in [2.45, 2.75) is 18.9 Å². The van der Waals surface area contributed by atoms with E-state index in [1.54, 1.807) is 6.07 Å². The number of pyridine rings is 1. The van der Waals surface area contributed by atoms with Gasteiger partial charge in [-0.2, -0.15) is 0 Å². The lowest BCUT2D eigenvalue weighted by molar-refractivity contribution is 0.0736. The standard InChI is InChI=1S/C13H18N4O2/c1-15-8-10-3-2-6-17(10)13(19)9-4-5-11(12(14)18)16-7-9/h4-5,7,10,15H,2-3,6,8H2,1H3,(H2,14,18). The highest BCUT2D eigenvalue weighted by Crippen LogP contribution is 2.19. The van der Waals surface area contributed by atoms with Crippen molar-refractivity contribution in [1.29, 1.82) is 0 Å². The summed E-state index contributed by atoms with van der Waals surface area (Å²) < 4.78 is 0. The molecule has 0 spiro atoms. The number of hydrogen-bond acceptors (Lipinski definition) is 4. The van der Waals surface area contributed by atoms with Gasteiger partial charge in [0.1, 0.15) is 5.69 Å². The van der Waals surface area contributed by atoms with Gasteiger partial charge in [0.05, 0.1) is 5.56 Å². The number of carbonyl (C=O) groups excluding carboxylic acids is 2. The fraction of sp³-hybridized carbons (Fsp3) is 0.462. The third kappa shape index (κ3) is 2.90. The quantitative estimate of drug-likeness (QED) is 0.799. The highest BCUT2D eigenvalue weighted by atomic mass is 16.2. The van der Waals surface area contributed by atoms with Crippen molar-refractivity contribution < 1.29 is 9.59 Å². The van der Waals surface area contributed by atoms with Crippen LogP contribution in [0.5, 0.6) is 0 Å². The van der Waals surface area contributed by atoms with Crippen LogP contribution in [-0.2, 0) is 0 Å². The number of primary amides is 1. The minimum atomic E-state index is -0.590. The van der Waals surface area contributed by atoms with Crippen molar-refractivity contribution in [2.24, 2.45) is 5.73 Å². The monoisotopic (exact) mass is 262 g/mol. The Labute approximate surface area is 112 Å². The number of nitrogens with zero attached hydrogens (tertiary/aromatic N) is 2. The van der Waals surface area contributed by atoms with Crippen LogP contribution >= 0.6 is 0 Å². The largest absolute Gasteiger partial charge is 0.364 e. The van der Waals surface area contributed by atoms with Crippen LogP contribution in [-0.4, -0.2) is 47.9 Å². The van der Waals surface area contributed by atoms with Gasteiger partial charge >= 0.3 is 0 Å². The molecule has 2 heterocycles. The van der Waals surface area contributed by atoms with Gasteiger partial charge in [0.2, 0.25) is 0 Å². The molecule has 0 saturated carbocycles. The molecule has 1 saturated heterocycles. The first-order chi connectivity index (χ1) is 9.13. The van der Waals surface area contributed by atoms with Crippen molar-refractivity contribution in [2.75, 3.05) is 20.1 Å². The summed E-state index contributed by atoms with van der Waals surface area (Å²) in [4.78, 5) is 29.0. The molecule has 1 aliphatic heterocycles. The molecule has 0 aliphatic carbocycles. The number of amides is 2. The summed E-state index contributed by atoms with van der Waals surface area (Å²) in [5, 5.41) is 3.10. The third-order valence-electron chi connectivity index (χ3n) is 3.34. The summed E-state index contributed by atoms with van der Waals surface area (Å²) in [7, 11) is 1.88. The van der Waals surface area contributed by atoms with Crippen molar-refractivity contribution in [3.05, 3.63) is 29.6 Å². The van der Waals surface area contributed by atoms with Gasteiger partial charge in [-0.15, -0.1) is 0 Å². The van der Waals surface area contributed by atoms with Crippen molar-refractivity contribution in [3.63, 3.8) is 0 Å². The molecule has 1 aromatic heterocycles. The van der Waals surface area contributed by atoms with Gasteiger partial charge in [-0.3, -0.25) is 14.6 Å². The maximum Gasteiger partial charge on any atom is 0.267 e. The van der Waals surface area contributed by atoms with Crippen LogP contribution in [0.4, 0.5) is 0 Å². The molecule has 1 aliphatic rings. The zero-order valence-corrected chi connectivity index (χ0v) is 10.9. The summed E-state index contributed by atoms with van der Waals surface area (Å²) in [6.07, 6.45) is 3.45. The Morgan fingerprint density at radius 3 is 2.89 bits per heavy atom. The van der Waals surface area contributed by atoms with Gasteiger partial charge in [-0.05, 0) is 32.0 Å². The molecule has 102 valence electrons. The second-order valence-corrected chi connectivity index (χ2v) is 4.65. The van der Waals surface area contributed by atoms with Gasteiger partial charge in [-0.1, -0.05) is 0 Å². The lowest BCUT2D eigenvalue weighted by Gasteiger charge is -2.24. The molecule has 2 amide bonds. The number of likely N-dealkylation sites (tertiary alicyclic amines) is 1. The van der Waals surface area contributed by atoms with Crippen LogP contribution in [0, 0.1) is 0 Å². The topological polar surface area (TPSA) is 88.3 Å². The average molecular weight is 262 g/mol. The average Bonchev–Trinajstić information content (AvgIpc) is 2.87. The number of rotatable bonds is 4. The minimum Gasteiger partial charge on any atom is -0.364 e. The molecular formula is C13H18N4O2. The first kappa shape index (κ1) is 13.5. The van der Waals surface area contributed by atoms with Crippen LogP contribution in [0.25, 0.3) is 0 Å². The van der Waals surface area contributed by atoms with E-state index < -0.39 is 5.91 Å². The minimum absolute atomic E-state index is 0.0405. The SMILES string of the molecule is CNCC1CCCN1C(=O)c1ccc(C(N)=O)nc1. The van der Waals surface area contributed by atoms with E-state index in [0.717, 1.165) is 25.9 Å². The Hall–Kier alpha value is -1.95. The van der Waals surface area contributed by atoms with Gasteiger partial charge in [-0.25, -0.2) is 0 Å². The Morgan fingerprint density at radius 1 is 1.53 bits per heavy atom. The number of nitrogens with two attached hydrogens (primary N) is 1. The summed E-state index contributed by atoms with van der Waals surface area (Å²) in [6, 6.07) is 3.32. The van der Waals surface area contributed by atoms with Gasteiger partial charge in [0, 0.05) is 25.3 Å². The summed E-state index contributed by atoms with van der Waals surface area (Å²) in [5.74, 6) is -0.630. The van der Waals surface area contributed by atoms with E-state index in [-0.39, 0.29) is 17.6 Å². The predicted octanol–water partition coefficient (Wildman–Crippen LogP) is 0.00450. The molecule has 0 aromatic carbocycles. The molecule has 0 bridgehead atoms. The fourth-order valence-electron chi connectivity index (χ4n) is 2.38. The molecule has 2 rings (SSSR count). The molecule has 1 unspecified atom stereocenters. The zero-order chi connectivity index (χ0) is 13.8. The molecule has 3 N–H and O–H groups in total. The van der Waals surface area contributed by atoms with Crippen molar-refractivity contribution >= 4 is 11.8 Å². The second-order valence-electron chi connectivity index (χ2n) is 4.65. The van der Waals surface area contributed by atoms with Gasteiger partial charge in [0.25, 0.3) is 11.8 Å².